The Hall–Kier alpha value is -4.17. The van der Waals surface area contributed by atoms with E-state index in [4.69, 9.17) is 4.74 Å². The molecule has 190 valence electrons. The maximum absolute atomic E-state index is 12.9. The summed E-state index contributed by atoms with van der Waals surface area (Å²) < 4.78 is 4.73. The smallest absolute Gasteiger partial charge is 0.309 e. The van der Waals surface area contributed by atoms with E-state index in [0.717, 1.165) is 60.2 Å². The Balaban J connectivity index is 1.19. The monoisotopic (exact) mass is 497 g/mol. The van der Waals surface area contributed by atoms with Gasteiger partial charge in [-0.05, 0) is 73.0 Å². The Morgan fingerprint density at radius 2 is 1.92 bits per heavy atom. The lowest BCUT2D eigenvalue weighted by molar-refractivity contribution is -0.139. The fourth-order valence-electron chi connectivity index (χ4n) is 4.86. The second kappa shape index (κ2) is 11.3. The molecule has 0 saturated carbocycles. The quantitative estimate of drug-likeness (QED) is 0.308. The molecule has 1 unspecified atom stereocenters. The normalized spacial score (nSPS) is 15.9. The third kappa shape index (κ3) is 6.34. The molecule has 3 N–H and O–H groups in total. The fourth-order valence-corrected chi connectivity index (χ4v) is 4.86. The molecule has 3 aromatic carbocycles. The first kappa shape index (κ1) is 24.5. The van der Waals surface area contributed by atoms with Crippen molar-refractivity contribution in [3.05, 3.63) is 89.6 Å². The number of ether oxygens (including phenoxy) is 1. The SMILES string of the molecule is COC(=O)Cc1cccc(NC(=O)c2cccc(CN3CCCC(Nc4ccc5[nH]ncc5c4)C3)c2)c1. The van der Waals surface area contributed by atoms with E-state index < -0.39 is 0 Å². The molecule has 1 aromatic heterocycles. The minimum Gasteiger partial charge on any atom is -0.469 e. The fraction of sp³-hybridized carbons (Fsp3) is 0.276. The van der Waals surface area contributed by atoms with E-state index in [2.05, 4.69) is 50.0 Å². The van der Waals surface area contributed by atoms with Gasteiger partial charge in [0.1, 0.15) is 0 Å². The van der Waals surface area contributed by atoms with Crippen molar-refractivity contribution in [3.63, 3.8) is 0 Å². The first-order valence-electron chi connectivity index (χ1n) is 12.5. The van der Waals surface area contributed by atoms with Crippen LogP contribution in [-0.4, -0.2) is 53.2 Å². The number of carbonyl (C=O) groups excluding carboxylic acids is 2. The molecular formula is C29H31N5O3. The number of hydrogen-bond donors (Lipinski definition) is 3. The Morgan fingerprint density at radius 3 is 2.81 bits per heavy atom. The first-order valence-corrected chi connectivity index (χ1v) is 12.5. The molecule has 5 rings (SSSR count). The number of anilines is 2. The van der Waals surface area contributed by atoms with Crippen molar-refractivity contribution < 1.29 is 14.3 Å². The summed E-state index contributed by atoms with van der Waals surface area (Å²) in [5, 5.41) is 14.8. The maximum atomic E-state index is 12.9. The standard InChI is InChI=1S/C29H31N5O3/c1-37-28(35)15-20-5-3-8-24(14-20)32-29(36)22-7-2-6-21(13-22)18-34-12-4-9-26(19-34)31-25-10-11-27-23(16-25)17-30-33-27/h2-3,5-8,10-11,13-14,16-17,26,31H,4,9,12,15,18-19H2,1H3,(H,30,33)(H,32,36). The van der Waals surface area contributed by atoms with E-state index in [9.17, 15) is 9.59 Å². The van der Waals surface area contributed by atoms with Crippen molar-refractivity contribution >= 4 is 34.2 Å². The lowest BCUT2D eigenvalue weighted by Crippen LogP contribution is -2.41. The number of nitrogens with one attached hydrogen (secondary N) is 3. The molecule has 2 heterocycles. The molecule has 1 aliphatic rings. The molecule has 0 spiro atoms. The molecule has 0 aliphatic carbocycles. The van der Waals surface area contributed by atoms with Crippen LogP contribution < -0.4 is 10.6 Å². The van der Waals surface area contributed by atoms with Crippen LogP contribution in [0.5, 0.6) is 0 Å². The van der Waals surface area contributed by atoms with Gasteiger partial charge in [-0.25, -0.2) is 0 Å². The van der Waals surface area contributed by atoms with Crippen LogP contribution in [0.1, 0.15) is 34.3 Å². The van der Waals surface area contributed by atoms with E-state index in [1.807, 2.05) is 42.6 Å². The van der Waals surface area contributed by atoms with E-state index in [1.54, 1.807) is 6.07 Å². The molecule has 8 heteroatoms. The van der Waals surface area contributed by atoms with Crippen LogP contribution in [0.3, 0.4) is 0 Å². The van der Waals surface area contributed by atoms with Gasteiger partial charge >= 0.3 is 5.97 Å². The zero-order chi connectivity index (χ0) is 25.6. The minimum atomic E-state index is -0.314. The highest BCUT2D eigenvalue weighted by molar-refractivity contribution is 6.04. The predicted octanol–water partition coefficient (Wildman–Crippen LogP) is 4.61. The van der Waals surface area contributed by atoms with Crippen molar-refractivity contribution in [1.82, 2.24) is 15.1 Å². The van der Waals surface area contributed by atoms with Crippen LogP contribution in [0.25, 0.3) is 10.9 Å². The van der Waals surface area contributed by atoms with Crippen molar-refractivity contribution in [2.24, 2.45) is 0 Å². The largest absolute Gasteiger partial charge is 0.469 e. The Morgan fingerprint density at radius 1 is 1.05 bits per heavy atom. The number of aromatic nitrogens is 2. The molecule has 1 amide bonds. The van der Waals surface area contributed by atoms with E-state index in [-0.39, 0.29) is 18.3 Å². The van der Waals surface area contributed by atoms with Crippen molar-refractivity contribution in [3.8, 4) is 0 Å². The number of esters is 1. The number of nitrogens with zero attached hydrogens (tertiary/aromatic N) is 2. The van der Waals surface area contributed by atoms with Crippen LogP contribution in [-0.2, 0) is 22.5 Å². The number of H-pyrrole nitrogens is 1. The van der Waals surface area contributed by atoms with E-state index in [0.29, 0.717) is 17.3 Å². The summed E-state index contributed by atoms with van der Waals surface area (Å²) in [6.07, 6.45) is 4.25. The molecule has 0 radical (unpaired) electrons. The third-order valence-corrected chi connectivity index (χ3v) is 6.67. The third-order valence-electron chi connectivity index (χ3n) is 6.67. The van der Waals surface area contributed by atoms with Gasteiger partial charge in [-0.2, -0.15) is 5.10 Å². The van der Waals surface area contributed by atoms with Crippen LogP contribution in [0.4, 0.5) is 11.4 Å². The summed E-state index contributed by atoms with van der Waals surface area (Å²) in [5.74, 6) is -0.491. The molecule has 4 aromatic rings. The van der Waals surface area contributed by atoms with Crippen LogP contribution in [0, 0.1) is 0 Å². The summed E-state index contributed by atoms with van der Waals surface area (Å²) in [4.78, 5) is 26.9. The van der Waals surface area contributed by atoms with Crippen LogP contribution in [0.2, 0.25) is 0 Å². The number of fused-ring (bicyclic) bond motifs is 1. The average molecular weight is 498 g/mol. The summed E-state index contributed by atoms with van der Waals surface area (Å²) in [7, 11) is 1.36. The highest BCUT2D eigenvalue weighted by atomic mass is 16.5. The highest BCUT2D eigenvalue weighted by Gasteiger charge is 2.20. The Bertz CT molecular complexity index is 1400. The van der Waals surface area contributed by atoms with Gasteiger partial charge in [0.25, 0.3) is 5.91 Å². The van der Waals surface area contributed by atoms with E-state index in [1.165, 1.54) is 7.11 Å². The number of likely N-dealkylation sites (tertiary alicyclic amines) is 1. The highest BCUT2D eigenvalue weighted by Crippen LogP contribution is 2.22. The number of piperidine rings is 1. The van der Waals surface area contributed by atoms with Gasteiger partial charge in [-0.3, -0.25) is 19.6 Å². The van der Waals surface area contributed by atoms with Gasteiger partial charge in [0.2, 0.25) is 0 Å². The Kier molecular flexibility index (Phi) is 7.46. The molecule has 1 saturated heterocycles. The van der Waals surface area contributed by atoms with Gasteiger partial charge in [-0.15, -0.1) is 0 Å². The summed E-state index contributed by atoms with van der Waals surface area (Å²) >= 11 is 0. The second-order valence-electron chi connectivity index (χ2n) is 9.50. The number of hydrogen-bond acceptors (Lipinski definition) is 6. The molecule has 0 bridgehead atoms. The summed E-state index contributed by atoms with van der Waals surface area (Å²) in [6.45, 7) is 2.75. The topological polar surface area (TPSA) is 99.4 Å². The first-order chi connectivity index (χ1) is 18.1. The van der Waals surface area contributed by atoms with Crippen molar-refractivity contribution in [1.29, 1.82) is 0 Å². The van der Waals surface area contributed by atoms with Gasteiger partial charge in [-0.1, -0.05) is 24.3 Å². The Labute approximate surface area is 216 Å². The molecule has 1 fully saturated rings. The second-order valence-corrected chi connectivity index (χ2v) is 9.50. The average Bonchev–Trinajstić information content (AvgIpc) is 3.37. The molecule has 37 heavy (non-hydrogen) atoms. The van der Waals surface area contributed by atoms with Gasteiger partial charge < -0.3 is 15.4 Å². The summed E-state index contributed by atoms with van der Waals surface area (Å²) in [5.41, 5.74) is 5.29. The lowest BCUT2D eigenvalue weighted by Gasteiger charge is -2.33. The number of rotatable bonds is 8. The summed E-state index contributed by atoms with van der Waals surface area (Å²) in [6, 6.07) is 21.7. The van der Waals surface area contributed by atoms with E-state index >= 15 is 0 Å². The maximum Gasteiger partial charge on any atom is 0.309 e. The molecular weight excluding hydrogens is 466 g/mol. The molecule has 1 aliphatic heterocycles. The zero-order valence-corrected chi connectivity index (χ0v) is 20.9. The van der Waals surface area contributed by atoms with Gasteiger partial charge in [0.05, 0.1) is 25.2 Å². The number of methoxy groups -OCH3 is 1. The van der Waals surface area contributed by atoms with Gasteiger partial charge in [0, 0.05) is 41.5 Å². The number of amides is 1. The molecule has 8 nitrogen and oxygen atoms in total. The number of benzene rings is 3. The van der Waals surface area contributed by atoms with Crippen LogP contribution >= 0.6 is 0 Å². The van der Waals surface area contributed by atoms with Gasteiger partial charge in [0.15, 0.2) is 0 Å². The minimum absolute atomic E-state index is 0.166. The van der Waals surface area contributed by atoms with Crippen molar-refractivity contribution in [2.45, 2.75) is 31.8 Å². The van der Waals surface area contributed by atoms with Crippen molar-refractivity contribution in [2.75, 3.05) is 30.8 Å². The zero-order valence-electron chi connectivity index (χ0n) is 20.9. The predicted molar refractivity (Wildman–Crippen MR) is 145 cm³/mol. The molecule has 1 atom stereocenters. The lowest BCUT2D eigenvalue weighted by atomic mass is 10.0. The number of aromatic amines is 1. The van der Waals surface area contributed by atoms with Crippen LogP contribution in [0.15, 0.2) is 72.9 Å². The number of carbonyl (C=O) groups is 2.